The molecule has 2 aliphatic rings. The van der Waals surface area contributed by atoms with Gasteiger partial charge in [0.15, 0.2) is 5.78 Å². The molecule has 0 bridgehead atoms. The Labute approximate surface area is 183 Å². The van der Waals surface area contributed by atoms with Crippen LogP contribution in [0, 0.1) is 0 Å². The lowest BCUT2D eigenvalue weighted by atomic mass is 9.74. The monoisotopic (exact) mass is 467 g/mol. The van der Waals surface area contributed by atoms with Crippen LogP contribution in [0.2, 0.25) is 0 Å². The van der Waals surface area contributed by atoms with E-state index in [0.717, 1.165) is 34.3 Å². The van der Waals surface area contributed by atoms with Gasteiger partial charge in [-0.3, -0.25) is 9.59 Å². The fourth-order valence-corrected chi connectivity index (χ4v) is 4.37. The second kappa shape index (κ2) is 8.44. The minimum atomic E-state index is -0.499. The average molecular weight is 468 g/mol. The summed E-state index contributed by atoms with van der Waals surface area (Å²) in [4.78, 5) is 30.6. The number of hydrogen-bond acceptors (Lipinski definition) is 5. The summed E-state index contributed by atoms with van der Waals surface area (Å²) >= 11 is 3.35. The summed E-state index contributed by atoms with van der Waals surface area (Å²) in [7, 11) is 1.60. The molecule has 4 rings (SSSR count). The molecule has 1 amide bonds. The van der Waals surface area contributed by atoms with Crippen molar-refractivity contribution in [1.29, 1.82) is 0 Å². The van der Waals surface area contributed by atoms with E-state index in [1.54, 1.807) is 19.4 Å². The fraction of sp³-hybridized carbons (Fsp3) is 0.261. The third-order valence-corrected chi connectivity index (χ3v) is 5.91. The minimum absolute atomic E-state index is 0.0687. The molecular weight excluding hydrogens is 446 g/mol. The number of Topliss-reactive ketones (excluding diaryl/α,β-unsaturated/α-hetero) is 1. The first-order valence-corrected chi connectivity index (χ1v) is 10.6. The lowest BCUT2D eigenvalue weighted by Gasteiger charge is -2.35. The Hall–Kier alpha value is -2.93. The van der Waals surface area contributed by atoms with Crippen molar-refractivity contribution in [1.82, 2.24) is 10.3 Å². The summed E-state index contributed by atoms with van der Waals surface area (Å²) in [5, 5.41) is 6.19. The third-order valence-electron chi connectivity index (χ3n) is 5.44. The molecule has 154 valence electrons. The molecule has 1 aromatic carbocycles. The largest absolute Gasteiger partial charge is 0.496 e. The summed E-state index contributed by atoms with van der Waals surface area (Å²) in [5.74, 6) is 0.363. The smallest absolute Gasteiger partial charge is 0.255 e. The van der Waals surface area contributed by atoms with E-state index < -0.39 is 5.92 Å². The number of para-hydroxylation sites is 1. The van der Waals surface area contributed by atoms with Gasteiger partial charge in [0.05, 0.1) is 13.0 Å². The Kier molecular flexibility index (Phi) is 5.72. The maximum absolute atomic E-state index is 13.4. The molecule has 0 saturated heterocycles. The van der Waals surface area contributed by atoms with Crippen LogP contribution in [-0.2, 0) is 9.59 Å². The van der Waals surface area contributed by atoms with Crippen LogP contribution < -0.4 is 15.4 Å². The molecule has 0 fully saturated rings. The van der Waals surface area contributed by atoms with Crippen molar-refractivity contribution in [3.05, 3.63) is 75.2 Å². The van der Waals surface area contributed by atoms with Crippen LogP contribution in [0.1, 0.15) is 37.7 Å². The van der Waals surface area contributed by atoms with Crippen LogP contribution in [0.5, 0.6) is 5.75 Å². The van der Waals surface area contributed by atoms with E-state index in [4.69, 9.17) is 4.74 Å². The number of nitrogens with zero attached hydrogens (tertiary/aromatic N) is 1. The van der Waals surface area contributed by atoms with E-state index in [9.17, 15) is 9.59 Å². The molecule has 0 radical (unpaired) electrons. The highest BCUT2D eigenvalue weighted by atomic mass is 79.9. The Morgan fingerprint density at radius 2 is 2.03 bits per heavy atom. The first kappa shape index (κ1) is 20.3. The second-order valence-corrected chi connectivity index (χ2v) is 8.24. The number of carbonyl (C=O) groups is 2. The van der Waals surface area contributed by atoms with E-state index in [2.05, 4.69) is 31.5 Å². The Morgan fingerprint density at radius 3 is 2.77 bits per heavy atom. The number of aromatic nitrogens is 1. The summed E-state index contributed by atoms with van der Waals surface area (Å²) in [6.45, 7) is 1.87. The average Bonchev–Trinajstić information content (AvgIpc) is 2.74. The number of allylic oxidation sites excluding steroid dienone is 3. The molecule has 2 aromatic rings. The number of methoxy groups -OCH3 is 1. The number of dihydropyridines is 1. The predicted molar refractivity (Wildman–Crippen MR) is 118 cm³/mol. The minimum Gasteiger partial charge on any atom is -0.496 e. The first-order valence-electron chi connectivity index (χ1n) is 9.79. The van der Waals surface area contributed by atoms with Crippen LogP contribution in [0.15, 0.2) is 69.6 Å². The first-order chi connectivity index (χ1) is 14.5. The van der Waals surface area contributed by atoms with Crippen molar-refractivity contribution < 1.29 is 14.3 Å². The van der Waals surface area contributed by atoms with Gasteiger partial charge in [0.2, 0.25) is 0 Å². The van der Waals surface area contributed by atoms with Crippen molar-refractivity contribution in [3.8, 4) is 5.75 Å². The third kappa shape index (κ3) is 3.77. The van der Waals surface area contributed by atoms with Crippen molar-refractivity contribution in [3.63, 3.8) is 0 Å². The Balaban J connectivity index is 1.81. The van der Waals surface area contributed by atoms with Gasteiger partial charge < -0.3 is 15.4 Å². The van der Waals surface area contributed by atoms with Crippen molar-refractivity contribution >= 4 is 33.4 Å². The molecule has 2 N–H and O–H groups in total. The maximum Gasteiger partial charge on any atom is 0.255 e. The van der Waals surface area contributed by atoms with Crippen LogP contribution in [0.3, 0.4) is 0 Å². The summed E-state index contributed by atoms with van der Waals surface area (Å²) in [5.41, 5.74) is 3.59. The second-order valence-electron chi connectivity index (χ2n) is 7.32. The van der Waals surface area contributed by atoms with E-state index in [-0.39, 0.29) is 11.7 Å². The number of hydrogen-bond donors (Lipinski definition) is 2. The number of ketones is 1. The molecular formula is C23H22BrN3O3. The van der Waals surface area contributed by atoms with Gasteiger partial charge in [-0.25, -0.2) is 4.98 Å². The molecule has 6 nitrogen and oxygen atoms in total. The Morgan fingerprint density at radius 1 is 1.23 bits per heavy atom. The van der Waals surface area contributed by atoms with Crippen LogP contribution in [-0.4, -0.2) is 23.8 Å². The SMILES string of the molecule is COc1ccccc1C1C(C(=O)Nc2ccc(Br)cn2)=C(C)NC2=C1C(=O)CCC2. The number of anilines is 1. The zero-order chi connectivity index (χ0) is 21.3. The van der Waals surface area contributed by atoms with Gasteiger partial charge in [0.25, 0.3) is 5.91 Å². The highest BCUT2D eigenvalue weighted by Gasteiger charge is 2.39. The van der Waals surface area contributed by atoms with Crippen molar-refractivity contribution in [2.24, 2.45) is 0 Å². The lowest BCUT2D eigenvalue weighted by Crippen LogP contribution is -2.35. The molecule has 1 aromatic heterocycles. The standard InChI is InChI=1S/C23H22BrN3O3/c1-13-20(23(29)27-19-11-10-14(24)12-25-19)21(15-6-3-4-9-18(15)30-2)22-16(26-13)7-5-8-17(22)28/h3-4,6,9-12,21,26H,5,7-8H2,1-2H3,(H,25,27,29). The van der Waals surface area contributed by atoms with Crippen molar-refractivity contribution in [2.45, 2.75) is 32.1 Å². The van der Waals surface area contributed by atoms with Gasteiger partial charge >= 0.3 is 0 Å². The number of carbonyl (C=O) groups excluding carboxylic acids is 2. The molecule has 1 aliphatic carbocycles. The lowest BCUT2D eigenvalue weighted by molar-refractivity contribution is -0.116. The normalized spacial score (nSPS) is 18.6. The number of rotatable bonds is 4. The van der Waals surface area contributed by atoms with Gasteiger partial charge in [0.1, 0.15) is 11.6 Å². The molecule has 1 unspecified atom stereocenters. The number of amides is 1. The van der Waals surface area contributed by atoms with Gasteiger partial charge in [0, 0.05) is 45.2 Å². The number of halogens is 1. The summed E-state index contributed by atoms with van der Waals surface area (Å²) < 4.78 is 6.41. The predicted octanol–water partition coefficient (Wildman–Crippen LogP) is 4.46. The van der Waals surface area contributed by atoms with Gasteiger partial charge in [-0.05, 0) is 53.9 Å². The van der Waals surface area contributed by atoms with E-state index >= 15 is 0 Å². The molecule has 1 aliphatic heterocycles. The highest BCUT2D eigenvalue weighted by molar-refractivity contribution is 9.10. The topological polar surface area (TPSA) is 80.3 Å². The molecule has 0 saturated carbocycles. The summed E-state index contributed by atoms with van der Waals surface area (Å²) in [6, 6.07) is 11.1. The van der Waals surface area contributed by atoms with Crippen molar-refractivity contribution in [2.75, 3.05) is 12.4 Å². The quantitative estimate of drug-likeness (QED) is 0.693. The number of pyridine rings is 1. The van der Waals surface area contributed by atoms with Gasteiger partial charge in [-0.1, -0.05) is 18.2 Å². The highest BCUT2D eigenvalue weighted by Crippen LogP contribution is 2.45. The zero-order valence-corrected chi connectivity index (χ0v) is 18.4. The van der Waals surface area contributed by atoms with E-state index in [0.29, 0.717) is 29.1 Å². The number of ether oxygens (including phenoxy) is 1. The van der Waals surface area contributed by atoms with E-state index in [1.807, 2.05) is 37.3 Å². The molecule has 7 heteroatoms. The maximum atomic E-state index is 13.4. The van der Waals surface area contributed by atoms with Crippen LogP contribution in [0.25, 0.3) is 0 Å². The Bertz CT molecular complexity index is 1070. The summed E-state index contributed by atoms with van der Waals surface area (Å²) in [6.07, 6.45) is 3.70. The fourth-order valence-electron chi connectivity index (χ4n) is 4.13. The molecule has 0 spiro atoms. The van der Waals surface area contributed by atoms with Crippen LogP contribution in [0.4, 0.5) is 5.82 Å². The number of nitrogens with one attached hydrogen (secondary N) is 2. The van der Waals surface area contributed by atoms with E-state index in [1.165, 1.54) is 0 Å². The zero-order valence-electron chi connectivity index (χ0n) is 16.8. The molecule has 2 heterocycles. The number of benzene rings is 1. The van der Waals surface area contributed by atoms with Crippen LogP contribution >= 0.6 is 15.9 Å². The molecule has 30 heavy (non-hydrogen) atoms. The van der Waals surface area contributed by atoms with Gasteiger partial charge in [-0.15, -0.1) is 0 Å². The van der Waals surface area contributed by atoms with Gasteiger partial charge in [-0.2, -0.15) is 0 Å². The molecule has 1 atom stereocenters.